The number of nitrogens with one attached hydrogen (secondary N) is 1. The minimum absolute atomic E-state index is 0. The molecule has 0 saturated carbocycles. The van der Waals surface area contributed by atoms with Gasteiger partial charge in [-0.1, -0.05) is 13.8 Å². The van der Waals surface area contributed by atoms with Crippen LogP contribution >= 0.6 is 24.0 Å². The van der Waals surface area contributed by atoms with Crippen molar-refractivity contribution in [3.05, 3.63) is 24.3 Å². The molecule has 2 atom stereocenters. The Morgan fingerprint density at radius 1 is 1.18 bits per heavy atom. The van der Waals surface area contributed by atoms with E-state index in [-0.39, 0.29) is 35.7 Å². The molecule has 1 aromatic rings. The Bertz CT molecular complexity index is 600. The molecule has 0 bridgehead atoms. The van der Waals surface area contributed by atoms with Crippen molar-refractivity contribution in [2.45, 2.75) is 39.5 Å². The fourth-order valence-electron chi connectivity index (χ4n) is 3.55. The van der Waals surface area contributed by atoms with E-state index in [9.17, 15) is 13.2 Å². The summed E-state index contributed by atoms with van der Waals surface area (Å²) in [6.45, 7) is 8.66. The monoisotopic (exact) mass is 514 g/mol. The third kappa shape index (κ3) is 9.81. The Hall–Kier alpha value is -1.23. The van der Waals surface area contributed by atoms with Crippen LogP contribution in [0.15, 0.2) is 29.3 Å². The Labute approximate surface area is 181 Å². The molecule has 1 fully saturated rings. The Morgan fingerprint density at radius 2 is 1.79 bits per heavy atom. The zero-order chi connectivity index (χ0) is 19.9. The van der Waals surface area contributed by atoms with E-state index in [1.54, 1.807) is 0 Å². The van der Waals surface area contributed by atoms with Crippen LogP contribution < -0.4 is 15.8 Å². The molecule has 3 N–H and O–H groups in total. The molecule has 5 nitrogen and oxygen atoms in total. The Morgan fingerprint density at radius 3 is 2.36 bits per heavy atom. The molecular weight excluding hydrogens is 484 g/mol. The second-order valence-electron chi connectivity index (χ2n) is 7.38. The molecule has 1 saturated heterocycles. The predicted molar refractivity (Wildman–Crippen MR) is 117 cm³/mol. The summed E-state index contributed by atoms with van der Waals surface area (Å²) < 4.78 is 40.2. The van der Waals surface area contributed by atoms with Crippen LogP contribution in [-0.2, 0) is 0 Å². The number of nitrogens with zero attached hydrogens (tertiary/aromatic N) is 2. The van der Waals surface area contributed by atoms with Gasteiger partial charge in [0.1, 0.15) is 5.75 Å². The van der Waals surface area contributed by atoms with Gasteiger partial charge in [0.05, 0.1) is 0 Å². The summed E-state index contributed by atoms with van der Waals surface area (Å²) in [7, 11) is 0. The fourth-order valence-corrected chi connectivity index (χ4v) is 3.55. The minimum Gasteiger partial charge on any atom is -0.406 e. The molecule has 2 rings (SSSR count). The van der Waals surface area contributed by atoms with Gasteiger partial charge in [0.2, 0.25) is 0 Å². The lowest BCUT2D eigenvalue weighted by atomic mass is 9.92. The normalized spacial score (nSPS) is 21.1. The van der Waals surface area contributed by atoms with Crippen molar-refractivity contribution in [3.8, 4) is 5.75 Å². The highest BCUT2D eigenvalue weighted by Crippen LogP contribution is 2.24. The maximum Gasteiger partial charge on any atom is 0.573 e. The number of piperidine rings is 1. The van der Waals surface area contributed by atoms with E-state index >= 15 is 0 Å². The number of unbranched alkanes of at least 4 members (excludes halogenated alkanes) is 1. The molecule has 2 unspecified atom stereocenters. The molecule has 1 heterocycles. The number of halogens is 4. The molecule has 9 heteroatoms. The number of aliphatic imine (C=N–C) groups is 1. The van der Waals surface area contributed by atoms with Crippen molar-refractivity contribution >= 4 is 35.6 Å². The van der Waals surface area contributed by atoms with Gasteiger partial charge >= 0.3 is 6.36 Å². The van der Waals surface area contributed by atoms with E-state index in [0.29, 0.717) is 12.2 Å². The summed E-state index contributed by atoms with van der Waals surface area (Å²) in [5, 5.41) is 2.86. The van der Waals surface area contributed by atoms with Crippen molar-refractivity contribution in [2.75, 3.05) is 31.5 Å². The number of benzene rings is 1. The number of alkyl halides is 3. The number of ether oxygens (including phenoxy) is 1. The quantitative estimate of drug-likeness (QED) is 0.240. The van der Waals surface area contributed by atoms with E-state index in [2.05, 4.69) is 33.8 Å². The number of rotatable bonds is 7. The number of likely N-dealkylation sites (tertiary alicyclic amines) is 1. The number of hydrogen-bond donors (Lipinski definition) is 2. The van der Waals surface area contributed by atoms with Gasteiger partial charge in [-0.05, 0) is 61.9 Å². The maximum absolute atomic E-state index is 12.1. The molecule has 1 aliphatic rings. The molecule has 0 aromatic heterocycles. The highest BCUT2D eigenvalue weighted by Gasteiger charge is 2.30. The van der Waals surface area contributed by atoms with E-state index in [1.165, 1.54) is 43.8 Å². The van der Waals surface area contributed by atoms with E-state index in [1.807, 2.05) is 0 Å². The molecule has 0 amide bonds. The lowest BCUT2D eigenvalue weighted by Gasteiger charge is -2.34. The van der Waals surface area contributed by atoms with Gasteiger partial charge in [-0.3, -0.25) is 4.99 Å². The zero-order valence-electron chi connectivity index (χ0n) is 16.3. The number of guanidine groups is 1. The molecular formula is C19H30F3IN4O. The number of nitrogens with two attached hydrogens (primary N) is 1. The summed E-state index contributed by atoms with van der Waals surface area (Å²) in [5.74, 6) is 1.50. The van der Waals surface area contributed by atoms with Gasteiger partial charge in [0.15, 0.2) is 5.96 Å². The number of anilines is 1. The van der Waals surface area contributed by atoms with Gasteiger partial charge < -0.3 is 20.7 Å². The first-order valence-corrected chi connectivity index (χ1v) is 9.36. The molecule has 1 aromatic carbocycles. The van der Waals surface area contributed by atoms with Crippen molar-refractivity contribution in [1.82, 2.24) is 4.90 Å². The molecule has 0 radical (unpaired) electrons. The topological polar surface area (TPSA) is 62.9 Å². The van der Waals surface area contributed by atoms with Gasteiger partial charge in [-0.25, -0.2) is 0 Å². The molecule has 0 spiro atoms. The molecule has 160 valence electrons. The van der Waals surface area contributed by atoms with Gasteiger partial charge in [-0.2, -0.15) is 0 Å². The zero-order valence-corrected chi connectivity index (χ0v) is 18.7. The fraction of sp³-hybridized carbons (Fsp3) is 0.632. The largest absolute Gasteiger partial charge is 0.573 e. The average Bonchev–Trinajstić information content (AvgIpc) is 2.54. The van der Waals surface area contributed by atoms with Crippen LogP contribution in [0.3, 0.4) is 0 Å². The predicted octanol–water partition coefficient (Wildman–Crippen LogP) is 4.69. The maximum atomic E-state index is 12.1. The van der Waals surface area contributed by atoms with Crippen LogP contribution in [0.4, 0.5) is 18.9 Å². The second-order valence-corrected chi connectivity index (χ2v) is 7.38. The number of hydrogen-bond acceptors (Lipinski definition) is 3. The third-order valence-electron chi connectivity index (χ3n) is 4.47. The first-order valence-electron chi connectivity index (χ1n) is 9.36. The van der Waals surface area contributed by atoms with Crippen LogP contribution in [-0.4, -0.2) is 43.4 Å². The van der Waals surface area contributed by atoms with Gasteiger partial charge in [0, 0.05) is 25.3 Å². The summed E-state index contributed by atoms with van der Waals surface area (Å²) in [5.41, 5.74) is 6.38. The Kier molecular flexibility index (Phi) is 10.4. The van der Waals surface area contributed by atoms with Crippen molar-refractivity contribution in [1.29, 1.82) is 0 Å². The van der Waals surface area contributed by atoms with Crippen LogP contribution in [0.1, 0.15) is 33.1 Å². The molecule has 0 aliphatic carbocycles. The van der Waals surface area contributed by atoms with Crippen LogP contribution in [0, 0.1) is 11.8 Å². The first kappa shape index (κ1) is 24.8. The molecule has 28 heavy (non-hydrogen) atoms. The summed E-state index contributed by atoms with van der Waals surface area (Å²) in [6.07, 6.45) is -1.37. The first-order chi connectivity index (χ1) is 12.7. The van der Waals surface area contributed by atoms with E-state index in [4.69, 9.17) is 5.73 Å². The van der Waals surface area contributed by atoms with Crippen molar-refractivity contribution in [3.63, 3.8) is 0 Å². The SMILES string of the molecule is CC1CC(C)CN(CCCCN=C(N)Nc2ccc(OC(F)(F)F)cc2)C1.I. The molecule has 1 aliphatic heterocycles. The highest BCUT2D eigenvalue weighted by molar-refractivity contribution is 14.0. The third-order valence-corrected chi connectivity index (χ3v) is 4.47. The highest BCUT2D eigenvalue weighted by atomic mass is 127. The van der Waals surface area contributed by atoms with E-state index in [0.717, 1.165) is 31.2 Å². The van der Waals surface area contributed by atoms with Crippen LogP contribution in [0.2, 0.25) is 0 Å². The van der Waals surface area contributed by atoms with Crippen molar-refractivity contribution in [2.24, 2.45) is 22.6 Å². The smallest absolute Gasteiger partial charge is 0.406 e. The lowest BCUT2D eigenvalue weighted by Crippen LogP contribution is -2.39. The summed E-state index contributed by atoms with van der Waals surface area (Å²) in [4.78, 5) is 6.79. The average molecular weight is 514 g/mol. The minimum atomic E-state index is -4.69. The van der Waals surface area contributed by atoms with E-state index < -0.39 is 6.36 Å². The second kappa shape index (κ2) is 11.7. The van der Waals surface area contributed by atoms with Gasteiger partial charge in [0.25, 0.3) is 0 Å². The lowest BCUT2D eigenvalue weighted by molar-refractivity contribution is -0.274. The van der Waals surface area contributed by atoms with Crippen LogP contribution in [0.5, 0.6) is 5.75 Å². The van der Waals surface area contributed by atoms with Crippen LogP contribution in [0.25, 0.3) is 0 Å². The van der Waals surface area contributed by atoms with Gasteiger partial charge in [-0.15, -0.1) is 37.1 Å². The standard InChI is InChI=1S/C19H29F3N4O.HI/c1-14-11-15(2)13-26(12-14)10-4-3-9-24-18(23)25-16-5-7-17(8-6-16)27-19(20,21)22;/h5-8,14-15H,3-4,9-13H2,1-2H3,(H3,23,24,25);1H. The summed E-state index contributed by atoms with van der Waals surface area (Å²) >= 11 is 0. The van der Waals surface area contributed by atoms with Crippen molar-refractivity contribution < 1.29 is 17.9 Å². The summed E-state index contributed by atoms with van der Waals surface area (Å²) in [6, 6.07) is 5.37. The Balaban J connectivity index is 0.00000392.